The second-order valence-electron chi connectivity index (χ2n) is 3.90. The molecule has 4 nitrogen and oxygen atoms in total. The minimum absolute atomic E-state index is 0.242. The average molecular weight is 250 g/mol. The number of rotatable bonds is 4. The van der Waals surface area contributed by atoms with Crippen LogP contribution in [0, 0.1) is 0 Å². The molecule has 0 aromatic heterocycles. The van der Waals surface area contributed by atoms with E-state index in [4.69, 9.17) is 0 Å². The highest BCUT2D eigenvalue weighted by Crippen LogP contribution is 2.14. The summed E-state index contributed by atoms with van der Waals surface area (Å²) >= 11 is 0. The normalized spacial score (nSPS) is 15.4. The Bertz CT molecular complexity index is 559. The van der Waals surface area contributed by atoms with Crippen molar-refractivity contribution in [2.45, 2.75) is 18.2 Å². The predicted molar refractivity (Wildman–Crippen MR) is 66.4 cm³/mol. The minimum atomic E-state index is -3.50. The van der Waals surface area contributed by atoms with E-state index in [9.17, 15) is 8.42 Å². The van der Waals surface area contributed by atoms with Crippen LogP contribution in [0.1, 0.15) is 13.3 Å². The van der Waals surface area contributed by atoms with Gasteiger partial charge < -0.3 is 5.43 Å². The second-order valence-corrected chi connectivity index (χ2v) is 5.58. The fraction of sp³-hybridized carbons (Fsp3) is 0.167. The van der Waals surface area contributed by atoms with Crippen molar-refractivity contribution in [2.75, 3.05) is 0 Å². The van der Waals surface area contributed by atoms with E-state index in [-0.39, 0.29) is 4.90 Å². The zero-order valence-corrected chi connectivity index (χ0v) is 10.3. The Hall–Kier alpha value is -1.59. The number of sulfonamides is 1. The summed E-state index contributed by atoms with van der Waals surface area (Å²) in [6.45, 7) is 2.00. The summed E-state index contributed by atoms with van der Waals surface area (Å²) < 4.78 is 23.7. The summed E-state index contributed by atoms with van der Waals surface area (Å²) in [5.74, 6) is 0. The highest BCUT2D eigenvalue weighted by atomic mass is 32.2. The fourth-order valence-electron chi connectivity index (χ4n) is 1.53. The standard InChI is InChI=1S/C12H14N2O2S/c1-10-7-8-11(9-10)13-14-17(15,16)12-5-3-2-4-6-12/h2-6,8-9,13-14H,7H2,1H3. The van der Waals surface area contributed by atoms with Gasteiger partial charge in [-0.25, -0.2) is 8.42 Å². The van der Waals surface area contributed by atoms with E-state index in [2.05, 4.69) is 10.3 Å². The van der Waals surface area contributed by atoms with E-state index in [1.807, 2.05) is 19.1 Å². The van der Waals surface area contributed by atoms with Gasteiger partial charge in [0, 0.05) is 5.70 Å². The summed E-state index contributed by atoms with van der Waals surface area (Å²) in [5, 5.41) is 0. The summed E-state index contributed by atoms with van der Waals surface area (Å²) in [6, 6.07) is 8.25. The van der Waals surface area contributed by atoms with Crippen molar-refractivity contribution in [1.82, 2.24) is 10.3 Å². The molecule has 0 unspecified atom stereocenters. The molecular formula is C12H14N2O2S. The predicted octanol–water partition coefficient (Wildman–Crippen LogP) is 1.70. The van der Waals surface area contributed by atoms with Gasteiger partial charge in [-0.15, -0.1) is 4.83 Å². The van der Waals surface area contributed by atoms with Gasteiger partial charge in [0.1, 0.15) is 0 Å². The van der Waals surface area contributed by atoms with Crippen LogP contribution in [0.3, 0.4) is 0 Å². The van der Waals surface area contributed by atoms with Gasteiger partial charge in [-0.1, -0.05) is 29.8 Å². The summed E-state index contributed by atoms with van der Waals surface area (Å²) in [4.78, 5) is 2.59. The third-order valence-electron chi connectivity index (χ3n) is 2.43. The van der Waals surface area contributed by atoms with E-state index in [0.29, 0.717) is 0 Å². The molecule has 1 aromatic carbocycles. The van der Waals surface area contributed by atoms with Crippen LogP contribution in [0.15, 0.2) is 58.6 Å². The first-order chi connectivity index (χ1) is 8.08. The Balaban J connectivity index is 2.05. The van der Waals surface area contributed by atoms with Gasteiger partial charge in [0.15, 0.2) is 0 Å². The zero-order chi connectivity index (χ0) is 12.3. The molecule has 0 heterocycles. The zero-order valence-electron chi connectivity index (χ0n) is 9.47. The van der Waals surface area contributed by atoms with Crippen LogP contribution < -0.4 is 10.3 Å². The molecule has 0 fully saturated rings. The number of allylic oxidation sites excluding steroid dienone is 3. The van der Waals surface area contributed by atoms with E-state index in [0.717, 1.165) is 12.1 Å². The molecule has 0 bridgehead atoms. The molecule has 0 saturated heterocycles. The largest absolute Gasteiger partial charge is 0.308 e. The third-order valence-corrected chi connectivity index (χ3v) is 3.69. The number of hydrogen-bond acceptors (Lipinski definition) is 3. The van der Waals surface area contributed by atoms with E-state index in [1.54, 1.807) is 30.3 Å². The van der Waals surface area contributed by atoms with Gasteiger partial charge in [-0.3, -0.25) is 0 Å². The van der Waals surface area contributed by atoms with Crippen molar-refractivity contribution in [3.8, 4) is 0 Å². The van der Waals surface area contributed by atoms with Crippen molar-refractivity contribution in [2.24, 2.45) is 0 Å². The highest BCUT2D eigenvalue weighted by Gasteiger charge is 2.13. The monoisotopic (exact) mass is 250 g/mol. The molecule has 0 aliphatic heterocycles. The van der Waals surface area contributed by atoms with Gasteiger partial charge >= 0.3 is 0 Å². The van der Waals surface area contributed by atoms with Gasteiger partial charge in [0.05, 0.1) is 4.90 Å². The minimum Gasteiger partial charge on any atom is -0.308 e. The molecule has 2 N–H and O–H groups in total. The van der Waals surface area contributed by atoms with Crippen LogP contribution >= 0.6 is 0 Å². The van der Waals surface area contributed by atoms with Crippen LogP contribution in [-0.4, -0.2) is 8.42 Å². The molecule has 1 aliphatic carbocycles. The van der Waals surface area contributed by atoms with E-state index >= 15 is 0 Å². The van der Waals surface area contributed by atoms with Crippen molar-refractivity contribution in [3.05, 3.63) is 53.8 Å². The summed E-state index contributed by atoms with van der Waals surface area (Å²) in [6.07, 6.45) is 4.70. The van der Waals surface area contributed by atoms with E-state index in [1.165, 1.54) is 5.57 Å². The van der Waals surface area contributed by atoms with Crippen LogP contribution in [-0.2, 0) is 10.0 Å². The van der Waals surface area contributed by atoms with Crippen LogP contribution in [0.25, 0.3) is 0 Å². The van der Waals surface area contributed by atoms with Crippen LogP contribution in [0.5, 0.6) is 0 Å². The molecule has 1 aromatic rings. The molecule has 0 saturated carbocycles. The number of hydrazine groups is 1. The molecule has 0 atom stereocenters. The Morgan fingerprint density at radius 2 is 1.88 bits per heavy atom. The Morgan fingerprint density at radius 1 is 1.18 bits per heavy atom. The maximum atomic E-state index is 11.8. The third kappa shape index (κ3) is 2.95. The summed E-state index contributed by atoms with van der Waals surface area (Å²) in [7, 11) is -3.50. The smallest absolute Gasteiger partial charge is 0.257 e. The summed E-state index contributed by atoms with van der Waals surface area (Å²) in [5.41, 5.74) is 4.68. The molecule has 1 aliphatic rings. The Kier molecular flexibility index (Phi) is 3.31. The number of hydrogen-bond donors (Lipinski definition) is 2. The fourth-order valence-corrected chi connectivity index (χ4v) is 2.41. The molecule has 2 rings (SSSR count). The Morgan fingerprint density at radius 3 is 2.47 bits per heavy atom. The van der Waals surface area contributed by atoms with Gasteiger partial charge in [-0.05, 0) is 31.6 Å². The van der Waals surface area contributed by atoms with E-state index < -0.39 is 10.0 Å². The molecule has 0 amide bonds. The number of nitrogens with one attached hydrogen (secondary N) is 2. The van der Waals surface area contributed by atoms with Crippen molar-refractivity contribution in [3.63, 3.8) is 0 Å². The topological polar surface area (TPSA) is 58.2 Å². The van der Waals surface area contributed by atoms with Gasteiger partial charge in [0.2, 0.25) is 0 Å². The lowest BCUT2D eigenvalue weighted by Crippen LogP contribution is -2.36. The maximum Gasteiger partial charge on any atom is 0.257 e. The molecule has 5 heteroatoms. The quantitative estimate of drug-likeness (QED) is 0.800. The first-order valence-corrected chi connectivity index (χ1v) is 6.76. The second kappa shape index (κ2) is 4.73. The lowest BCUT2D eigenvalue weighted by atomic mass is 10.3. The SMILES string of the molecule is CC1=CC(NNS(=O)(=O)c2ccccc2)=CC1. The Labute approximate surface area is 101 Å². The van der Waals surface area contributed by atoms with Crippen molar-refractivity contribution >= 4 is 10.0 Å². The molecule has 0 spiro atoms. The van der Waals surface area contributed by atoms with Crippen molar-refractivity contribution < 1.29 is 8.42 Å². The first kappa shape index (κ1) is 11.9. The molecular weight excluding hydrogens is 236 g/mol. The van der Waals surface area contributed by atoms with Crippen molar-refractivity contribution in [1.29, 1.82) is 0 Å². The lowest BCUT2D eigenvalue weighted by Gasteiger charge is -2.08. The molecule has 90 valence electrons. The molecule has 0 radical (unpaired) electrons. The lowest BCUT2D eigenvalue weighted by molar-refractivity contribution is 0.572. The van der Waals surface area contributed by atoms with Gasteiger partial charge in [-0.2, -0.15) is 0 Å². The van der Waals surface area contributed by atoms with Crippen LogP contribution in [0.4, 0.5) is 0 Å². The van der Waals surface area contributed by atoms with Crippen LogP contribution in [0.2, 0.25) is 0 Å². The number of benzene rings is 1. The molecule has 17 heavy (non-hydrogen) atoms. The maximum absolute atomic E-state index is 11.8. The highest BCUT2D eigenvalue weighted by molar-refractivity contribution is 7.89. The average Bonchev–Trinajstić information content (AvgIpc) is 2.74. The van der Waals surface area contributed by atoms with Gasteiger partial charge in [0.25, 0.3) is 10.0 Å². The first-order valence-electron chi connectivity index (χ1n) is 5.28.